The van der Waals surface area contributed by atoms with E-state index >= 15 is 0 Å². The first kappa shape index (κ1) is 12.0. The lowest BCUT2D eigenvalue weighted by atomic mass is 10.3. The lowest BCUT2D eigenvalue weighted by molar-refractivity contribution is 0.102. The van der Waals surface area contributed by atoms with Crippen molar-refractivity contribution in [1.29, 1.82) is 0 Å². The second-order valence-corrected chi connectivity index (χ2v) is 4.75. The summed E-state index contributed by atoms with van der Waals surface area (Å²) in [5.41, 5.74) is 6.96. The number of nitrogen functional groups attached to an aromatic ring is 1. The van der Waals surface area contributed by atoms with Crippen LogP contribution < -0.4 is 11.1 Å². The van der Waals surface area contributed by atoms with Crippen molar-refractivity contribution in [2.75, 3.05) is 11.1 Å². The van der Waals surface area contributed by atoms with Crippen molar-refractivity contribution >= 4 is 44.8 Å². The molecular weight excluding hydrogens is 305 g/mol. The number of hydrogen-bond donors (Lipinski definition) is 3. The van der Waals surface area contributed by atoms with Gasteiger partial charge in [-0.2, -0.15) is 0 Å². The second-order valence-electron chi connectivity index (χ2n) is 3.42. The Hall–Kier alpha value is -1.46. The predicted octanol–water partition coefficient (Wildman–Crippen LogP) is 3.27. The van der Waals surface area contributed by atoms with Crippen LogP contribution in [0.1, 0.15) is 10.5 Å². The van der Waals surface area contributed by atoms with Crippen LogP contribution in [0.4, 0.5) is 11.4 Å². The molecule has 0 atom stereocenters. The molecule has 0 radical (unpaired) electrons. The molecule has 0 unspecified atom stereocenters. The third-order valence-electron chi connectivity index (χ3n) is 2.13. The van der Waals surface area contributed by atoms with Crippen LogP contribution in [-0.2, 0) is 0 Å². The van der Waals surface area contributed by atoms with E-state index in [2.05, 4.69) is 26.2 Å². The van der Waals surface area contributed by atoms with E-state index in [1.165, 1.54) is 0 Å². The van der Waals surface area contributed by atoms with Gasteiger partial charge in [-0.3, -0.25) is 4.79 Å². The number of carbonyl (C=O) groups excluding carboxylic acids is 1. The number of amides is 1. The number of anilines is 2. The first-order valence-corrected chi connectivity index (χ1v) is 5.93. The van der Waals surface area contributed by atoms with Crippen LogP contribution in [0.15, 0.2) is 34.9 Å². The van der Waals surface area contributed by atoms with Crippen LogP contribution in [0.3, 0.4) is 0 Å². The third-order valence-corrected chi connectivity index (χ3v) is 2.95. The molecule has 0 saturated carbocycles. The van der Waals surface area contributed by atoms with Crippen LogP contribution in [0, 0.1) is 0 Å². The largest absolute Gasteiger partial charge is 0.397 e. The van der Waals surface area contributed by atoms with Crippen LogP contribution in [0.25, 0.3) is 0 Å². The fourth-order valence-corrected chi connectivity index (χ4v) is 1.85. The van der Waals surface area contributed by atoms with E-state index in [9.17, 15) is 4.79 Å². The number of nitrogens with one attached hydrogen (secondary N) is 2. The van der Waals surface area contributed by atoms with E-state index < -0.39 is 0 Å². The lowest BCUT2D eigenvalue weighted by Gasteiger charge is -2.06. The molecule has 0 aliphatic carbocycles. The van der Waals surface area contributed by atoms with Gasteiger partial charge in [-0.25, -0.2) is 0 Å². The molecule has 1 heterocycles. The van der Waals surface area contributed by atoms with Gasteiger partial charge < -0.3 is 16.0 Å². The Labute approximate surface area is 111 Å². The van der Waals surface area contributed by atoms with Gasteiger partial charge in [-0.05, 0) is 24.3 Å². The Morgan fingerprint density at radius 1 is 1.41 bits per heavy atom. The summed E-state index contributed by atoms with van der Waals surface area (Å²) in [5, 5.41) is 3.17. The van der Waals surface area contributed by atoms with E-state index in [1.54, 1.807) is 30.5 Å². The van der Waals surface area contributed by atoms with Gasteiger partial charge in [0.05, 0.1) is 10.7 Å². The maximum absolute atomic E-state index is 11.8. The molecule has 0 bridgehead atoms. The number of nitrogens with two attached hydrogens (primary N) is 1. The smallest absolute Gasteiger partial charge is 0.272 e. The maximum Gasteiger partial charge on any atom is 0.272 e. The van der Waals surface area contributed by atoms with Gasteiger partial charge >= 0.3 is 0 Å². The highest BCUT2D eigenvalue weighted by molar-refractivity contribution is 9.10. The van der Waals surface area contributed by atoms with Crippen molar-refractivity contribution < 1.29 is 4.79 Å². The Morgan fingerprint density at radius 2 is 2.18 bits per heavy atom. The second kappa shape index (κ2) is 4.81. The van der Waals surface area contributed by atoms with Crippen LogP contribution in [0.5, 0.6) is 0 Å². The molecule has 0 aliphatic heterocycles. The van der Waals surface area contributed by atoms with Crippen molar-refractivity contribution in [3.8, 4) is 0 Å². The molecule has 4 N–H and O–H groups in total. The number of halogens is 2. The Bertz CT molecular complexity index is 568. The number of carbonyl (C=O) groups is 1. The average molecular weight is 315 g/mol. The molecule has 0 saturated heterocycles. The highest BCUT2D eigenvalue weighted by atomic mass is 79.9. The topological polar surface area (TPSA) is 70.9 Å². The minimum atomic E-state index is -0.290. The zero-order chi connectivity index (χ0) is 12.4. The molecule has 0 fully saturated rings. The molecule has 1 aromatic carbocycles. The van der Waals surface area contributed by atoms with Crippen molar-refractivity contribution in [1.82, 2.24) is 4.98 Å². The minimum Gasteiger partial charge on any atom is -0.397 e. The summed E-state index contributed by atoms with van der Waals surface area (Å²) in [4.78, 5) is 14.6. The monoisotopic (exact) mass is 313 g/mol. The van der Waals surface area contributed by atoms with E-state index in [4.69, 9.17) is 17.3 Å². The molecule has 17 heavy (non-hydrogen) atoms. The first-order valence-electron chi connectivity index (χ1n) is 4.76. The summed E-state index contributed by atoms with van der Waals surface area (Å²) in [6.07, 6.45) is 1.55. The Balaban J connectivity index is 2.21. The predicted molar refractivity (Wildman–Crippen MR) is 72.3 cm³/mol. The number of aromatic amines is 1. The standard InChI is InChI=1S/C11H9BrClN3O/c12-6-1-2-8(13)9(3-6)16-11(17)10-4-7(14)5-15-10/h1-5,15H,14H2,(H,16,17). The van der Waals surface area contributed by atoms with Gasteiger partial charge in [0.25, 0.3) is 5.91 Å². The van der Waals surface area contributed by atoms with Crippen LogP contribution in [0.2, 0.25) is 5.02 Å². The Kier molecular flexibility index (Phi) is 3.40. The number of aromatic nitrogens is 1. The normalized spacial score (nSPS) is 10.2. The van der Waals surface area contributed by atoms with Gasteiger partial charge in [0, 0.05) is 16.4 Å². The highest BCUT2D eigenvalue weighted by Crippen LogP contribution is 2.26. The first-order chi connectivity index (χ1) is 8.06. The fraction of sp³-hybridized carbons (Fsp3) is 0. The number of benzene rings is 1. The van der Waals surface area contributed by atoms with E-state index in [1.807, 2.05) is 0 Å². The number of H-pyrrole nitrogens is 1. The van der Waals surface area contributed by atoms with Crippen molar-refractivity contribution in [3.63, 3.8) is 0 Å². The average Bonchev–Trinajstić information content (AvgIpc) is 2.70. The van der Waals surface area contributed by atoms with Crippen molar-refractivity contribution in [2.24, 2.45) is 0 Å². The third kappa shape index (κ3) is 2.81. The summed E-state index contributed by atoms with van der Waals surface area (Å²) < 4.78 is 0.836. The van der Waals surface area contributed by atoms with Gasteiger partial charge in [0.15, 0.2) is 0 Å². The summed E-state index contributed by atoms with van der Waals surface area (Å²) >= 11 is 9.27. The zero-order valence-corrected chi connectivity index (χ0v) is 11.0. The van der Waals surface area contributed by atoms with E-state index in [-0.39, 0.29) is 5.91 Å². The van der Waals surface area contributed by atoms with E-state index in [0.29, 0.717) is 22.1 Å². The molecule has 88 valence electrons. The highest BCUT2D eigenvalue weighted by Gasteiger charge is 2.10. The molecule has 6 heteroatoms. The Morgan fingerprint density at radius 3 is 2.82 bits per heavy atom. The van der Waals surface area contributed by atoms with Gasteiger partial charge in [-0.1, -0.05) is 27.5 Å². The molecular formula is C11H9BrClN3O. The quantitative estimate of drug-likeness (QED) is 0.796. The van der Waals surface area contributed by atoms with Crippen LogP contribution >= 0.6 is 27.5 Å². The SMILES string of the molecule is Nc1c[nH]c(C(=O)Nc2cc(Br)ccc2Cl)c1. The zero-order valence-electron chi connectivity index (χ0n) is 8.63. The fourth-order valence-electron chi connectivity index (χ4n) is 1.33. The van der Waals surface area contributed by atoms with Gasteiger partial charge in [0.2, 0.25) is 0 Å². The van der Waals surface area contributed by atoms with Crippen LogP contribution in [-0.4, -0.2) is 10.9 Å². The van der Waals surface area contributed by atoms with Crippen molar-refractivity contribution in [3.05, 3.63) is 45.7 Å². The summed E-state index contributed by atoms with van der Waals surface area (Å²) in [6.45, 7) is 0. The molecule has 2 aromatic rings. The molecule has 1 amide bonds. The van der Waals surface area contributed by atoms with E-state index in [0.717, 1.165) is 4.47 Å². The molecule has 1 aromatic heterocycles. The summed E-state index contributed by atoms with van der Waals surface area (Å²) in [7, 11) is 0. The molecule has 4 nitrogen and oxygen atoms in total. The minimum absolute atomic E-state index is 0.290. The lowest BCUT2D eigenvalue weighted by Crippen LogP contribution is -2.12. The number of rotatable bonds is 2. The molecule has 0 aliphatic rings. The maximum atomic E-state index is 11.8. The summed E-state index contributed by atoms with van der Waals surface area (Å²) in [6, 6.07) is 6.78. The van der Waals surface area contributed by atoms with Gasteiger partial charge in [0.1, 0.15) is 5.69 Å². The molecule has 0 spiro atoms. The number of hydrogen-bond acceptors (Lipinski definition) is 2. The van der Waals surface area contributed by atoms with Crippen molar-refractivity contribution in [2.45, 2.75) is 0 Å². The summed E-state index contributed by atoms with van der Waals surface area (Å²) in [5.74, 6) is -0.290. The van der Waals surface area contributed by atoms with Gasteiger partial charge in [-0.15, -0.1) is 0 Å². The molecule has 2 rings (SSSR count).